The maximum Gasteiger partial charge on any atom is 0.264 e. The fourth-order valence-electron chi connectivity index (χ4n) is 3.07. The molecule has 3 aromatic rings. The van der Waals surface area contributed by atoms with Crippen molar-refractivity contribution in [2.24, 2.45) is 4.99 Å². The first-order chi connectivity index (χ1) is 15.9. The van der Waals surface area contributed by atoms with Crippen molar-refractivity contribution in [2.45, 2.75) is 20.0 Å². The Balaban J connectivity index is 1.44. The molecule has 168 valence electrons. The van der Waals surface area contributed by atoms with Gasteiger partial charge < -0.3 is 10.1 Å². The van der Waals surface area contributed by atoms with E-state index >= 15 is 0 Å². The summed E-state index contributed by atoms with van der Waals surface area (Å²) < 4.78 is 6.66. The first kappa shape index (κ1) is 23.9. The predicted molar refractivity (Wildman–Crippen MR) is 142 cm³/mol. The molecule has 1 fully saturated rings. The molecule has 0 aromatic heterocycles. The van der Waals surface area contributed by atoms with Crippen molar-refractivity contribution in [1.82, 2.24) is 5.32 Å². The summed E-state index contributed by atoms with van der Waals surface area (Å²) in [5, 5.41) is 4.53. The van der Waals surface area contributed by atoms with Gasteiger partial charge in [-0.3, -0.25) is 4.79 Å². The lowest BCUT2D eigenvalue weighted by Gasteiger charge is -2.10. The zero-order valence-corrected chi connectivity index (χ0v) is 21.5. The molecule has 0 radical (unpaired) electrons. The van der Waals surface area contributed by atoms with Gasteiger partial charge >= 0.3 is 0 Å². The highest BCUT2D eigenvalue weighted by Crippen LogP contribution is 2.32. The standard InChI is InChI=1S/C25H19BrCl2N2O2S/c1-2-15-3-8-19(9-4-15)29-25-30-24(31)23(33-25)12-16-5-10-22(20(26)11-16)32-14-17-6-7-18(27)13-21(17)28/h3-13H,2,14H2,1H3,(H,29,30,31)/b23-12-. The number of rotatable bonds is 6. The molecular weight excluding hydrogens is 543 g/mol. The van der Waals surface area contributed by atoms with Gasteiger partial charge in [-0.1, -0.05) is 54.4 Å². The van der Waals surface area contributed by atoms with Crippen molar-refractivity contribution in [3.05, 3.63) is 96.8 Å². The average Bonchev–Trinajstić information content (AvgIpc) is 3.13. The van der Waals surface area contributed by atoms with E-state index < -0.39 is 0 Å². The molecule has 0 unspecified atom stereocenters. The van der Waals surface area contributed by atoms with Crippen LogP contribution in [0.2, 0.25) is 10.0 Å². The Hall–Kier alpha value is -2.25. The monoisotopic (exact) mass is 560 g/mol. The molecule has 1 amide bonds. The molecule has 1 aliphatic rings. The first-order valence-electron chi connectivity index (χ1n) is 10.2. The first-order valence-corrected chi connectivity index (χ1v) is 12.5. The Kier molecular flexibility index (Phi) is 7.81. The molecule has 4 nitrogen and oxygen atoms in total. The molecule has 1 heterocycles. The van der Waals surface area contributed by atoms with Gasteiger partial charge in [0, 0.05) is 15.6 Å². The molecule has 0 saturated carbocycles. The Morgan fingerprint density at radius 2 is 1.88 bits per heavy atom. The van der Waals surface area contributed by atoms with Crippen LogP contribution in [-0.4, -0.2) is 11.1 Å². The lowest BCUT2D eigenvalue weighted by atomic mass is 10.2. The summed E-state index contributed by atoms with van der Waals surface area (Å²) in [5.41, 5.74) is 3.76. The van der Waals surface area contributed by atoms with Gasteiger partial charge in [0.2, 0.25) is 0 Å². The number of carbonyl (C=O) groups excluding carboxylic acids is 1. The van der Waals surface area contributed by atoms with Gasteiger partial charge in [-0.25, -0.2) is 4.99 Å². The average molecular weight is 562 g/mol. The second kappa shape index (κ2) is 10.8. The number of ether oxygens (including phenoxy) is 1. The number of carbonyl (C=O) groups is 1. The number of nitrogens with zero attached hydrogens (tertiary/aromatic N) is 1. The van der Waals surface area contributed by atoms with E-state index in [2.05, 4.69) is 33.2 Å². The fourth-order valence-corrected chi connectivity index (χ4v) is 4.89. The Bertz CT molecular complexity index is 1260. The van der Waals surface area contributed by atoms with E-state index in [0.717, 1.165) is 27.7 Å². The zero-order chi connectivity index (χ0) is 23.4. The third-order valence-electron chi connectivity index (χ3n) is 4.88. The molecule has 0 aliphatic carbocycles. The fraction of sp³-hybridized carbons (Fsp3) is 0.120. The van der Waals surface area contributed by atoms with E-state index in [1.165, 1.54) is 17.3 Å². The highest BCUT2D eigenvalue weighted by Gasteiger charge is 2.24. The number of benzene rings is 3. The summed E-state index contributed by atoms with van der Waals surface area (Å²) in [7, 11) is 0. The molecule has 0 atom stereocenters. The van der Waals surface area contributed by atoms with Crippen molar-refractivity contribution in [3.8, 4) is 5.75 Å². The molecular formula is C25H19BrCl2N2O2S. The quantitative estimate of drug-likeness (QED) is 0.312. The van der Waals surface area contributed by atoms with Crippen molar-refractivity contribution in [1.29, 1.82) is 0 Å². The van der Waals surface area contributed by atoms with Crippen LogP contribution < -0.4 is 10.1 Å². The van der Waals surface area contributed by atoms with Gasteiger partial charge in [0.1, 0.15) is 12.4 Å². The molecule has 1 saturated heterocycles. The molecule has 1 N–H and O–H groups in total. The van der Waals surface area contributed by atoms with Crippen molar-refractivity contribution < 1.29 is 9.53 Å². The predicted octanol–water partition coefficient (Wildman–Crippen LogP) is 7.79. The largest absolute Gasteiger partial charge is 0.488 e. The number of aliphatic imine (C=N–C) groups is 1. The van der Waals surface area contributed by atoms with E-state index in [9.17, 15) is 4.79 Å². The van der Waals surface area contributed by atoms with Gasteiger partial charge in [-0.05, 0) is 87.7 Å². The summed E-state index contributed by atoms with van der Waals surface area (Å²) in [6.07, 6.45) is 2.80. The number of amides is 1. The third-order valence-corrected chi connectivity index (χ3v) is 6.99. The SMILES string of the molecule is CCc1ccc(N=C2NC(=O)/C(=C/c3ccc(OCc4ccc(Cl)cc4Cl)c(Br)c3)S2)cc1. The lowest BCUT2D eigenvalue weighted by molar-refractivity contribution is -0.115. The molecule has 8 heteroatoms. The van der Waals surface area contributed by atoms with E-state index in [4.69, 9.17) is 27.9 Å². The lowest BCUT2D eigenvalue weighted by Crippen LogP contribution is -2.19. The number of nitrogens with one attached hydrogen (secondary N) is 1. The topological polar surface area (TPSA) is 50.7 Å². The highest BCUT2D eigenvalue weighted by molar-refractivity contribution is 9.10. The molecule has 4 rings (SSSR count). The maximum atomic E-state index is 12.4. The van der Waals surface area contributed by atoms with E-state index in [1.807, 2.05) is 54.6 Å². The summed E-state index contributed by atoms with van der Waals surface area (Å²) in [4.78, 5) is 17.5. The number of aryl methyl sites for hydroxylation is 1. The number of hydrogen-bond donors (Lipinski definition) is 1. The normalized spacial score (nSPS) is 15.8. The minimum Gasteiger partial charge on any atom is -0.488 e. The van der Waals surface area contributed by atoms with Gasteiger partial charge in [-0.15, -0.1) is 0 Å². The molecule has 0 spiro atoms. The Morgan fingerprint density at radius 1 is 1.09 bits per heavy atom. The van der Waals surface area contributed by atoms with Crippen LogP contribution in [0.4, 0.5) is 5.69 Å². The van der Waals surface area contributed by atoms with Crippen LogP contribution in [0.1, 0.15) is 23.6 Å². The van der Waals surface area contributed by atoms with Crippen LogP contribution in [0.5, 0.6) is 5.75 Å². The smallest absolute Gasteiger partial charge is 0.264 e. The molecule has 1 aliphatic heterocycles. The van der Waals surface area contributed by atoms with E-state index in [1.54, 1.807) is 12.1 Å². The third kappa shape index (κ3) is 6.21. The maximum absolute atomic E-state index is 12.4. The van der Waals surface area contributed by atoms with Crippen LogP contribution in [0.25, 0.3) is 6.08 Å². The zero-order valence-electron chi connectivity index (χ0n) is 17.6. The number of hydrogen-bond acceptors (Lipinski definition) is 4. The van der Waals surface area contributed by atoms with Crippen molar-refractivity contribution in [3.63, 3.8) is 0 Å². The van der Waals surface area contributed by atoms with Gasteiger partial charge in [-0.2, -0.15) is 0 Å². The number of halogens is 3. The summed E-state index contributed by atoms with van der Waals surface area (Å²) >= 11 is 17.0. The Morgan fingerprint density at radius 3 is 2.58 bits per heavy atom. The summed E-state index contributed by atoms with van der Waals surface area (Å²) in [6.45, 7) is 2.42. The van der Waals surface area contributed by atoms with Crippen LogP contribution in [-0.2, 0) is 17.8 Å². The number of thioether (sulfide) groups is 1. The van der Waals surface area contributed by atoms with E-state index in [0.29, 0.717) is 32.5 Å². The minimum atomic E-state index is -0.169. The summed E-state index contributed by atoms with van der Waals surface area (Å²) in [6, 6.07) is 18.9. The van der Waals surface area contributed by atoms with E-state index in [-0.39, 0.29) is 5.91 Å². The van der Waals surface area contributed by atoms with Crippen molar-refractivity contribution in [2.75, 3.05) is 0 Å². The van der Waals surface area contributed by atoms with Gasteiger partial charge in [0.25, 0.3) is 5.91 Å². The van der Waals surface area contributed by atoms with Crippen LogP contribution in [0, 0.1) is 0 Å². The van der Waals surface area contributed by atoms with Crippen LogP contribution >= 0.6 is 50.9 Å². The summed E-state index contributed by atoms with van der Waals surface area (Å²) in [5.74, 6) is 0.502. The number of amidine groups is 1. The van der Waals surface area contributed by atoms with Crippen molar-refractivity contribution >= 4 is 73.7 Å². The molecule has 3 aromatic carbocycles. The minimum absolute atomic E-state index is 0.169. The van der Waals surface area contributed by atoms with Gasteiger partial charge in [0.15, 0.2) is 5.17 Å². The van der Waals surface area contributed by atoms with Crippen LogP contribution in [0.15, 0.2) is 75.0 Å². The van der Waals surface area contributed by atoms with Crippen LogP contribution in [0.3, 0.4) is 0 Å². The van der Waals surface area contributed by atoms with Gasteiger partial charge in [0.05, 0.1) is 15.1 Å². The molecule has 33 heavy (non-hydrogen) atoms. The Labute approximate surface area is 215 Å². The highest BCUT2D eigenvalue weighted by atomic mass is 79.9. The second-order valence-corrected chi connectivity index (χ2v) is 9.94. The molecule has 0 bridgehead atoms. The second-order valence-electron chi connectivity index (χ2n) is 7.22.